The summed E-state index contributed by atoms with van der Waals surface area (Å²) in [4.78, 5) is 23.5. The number of aryl methyl sites for hydroxylation is 1. The van der Waals surface area contributed by atoms with Gasteiger partial charge in [0.05, 0.1) is 16.6 Å². The van der Waals surface area contributed by atoms with Crippen LogP contribution in [-0.2, 0) is 12.7 Å². The number of nitrogens with zero attached hydrogens (tertiary/aromatic N) is 3. The van der Waals surface area contributed by atoms with Gasteiger partial charge in [0.1, 0.15) is 0 Å². The fraction of sp³-hybridized carbons (Fsp3) is 0.348. The van der Waals surface area contributed by atoms with E-state index < -0.39 is 11.7 Å². The van der Waals surface area contributed by atoms with Crippen molar-refractivity contribution in [3.05, 3.63) is 58.9 Å². The van der Waals surface area contributed by atoms with Gasteiger partial charge in [-0.1, -0.05) is 12.1 Å². The third-order valence-corrected chi connectivity index (χ3v) is 6.26. The van der Waals surface area contributed by atoms with Crippen LogP contribution in [0, 0.1) is 6.92 Å². The predicted octanol–water partition coefficient (Wildman–Crippen LogP) is 4.33. The zero-order chi connectivity index (χ0) is 21.8. The molecule has 0 bridgehead atoms. The lowest BCUT2D eigenvalue weighted by molar-refractivity contribution is -0.138. The molecule has 1 amide bonds. The lowest BCUT2D eigenvalue weighted by Gasteiger charge is -2.31. The number of alkyl halides is 3. The zero-order valence-corrected chi connectivity index (χ0v) is 17.0. The summed E-state index contributed by atoms with van der Waals surface area (Å²) in [6.45, 7) is 3.40. The molecule has 2 aliphatic heterocycles. The molecular weight excluding hydrogens is 405 g/mol. The molecule has 1 saturated heterocycles. The van der Waals surface area contributed by atoms with Gasteiger partial charge in [-0.05, 0) is 61.7 Å². The highest BCUT2D eigenvalue weighted by Crippen LogP contribution is 2.42. The predicted molar refractivity (Wildman–Crippen MR) is 110 cm³/mol. The molecule has 160 valence electrons. The second-order valence-corrected chi connectivity index (χ2v) is 8.15. The van der Waals surface area contributed by atoms with Crippen LogP contribution in [0.4, 0.5) is 13.2 Å². The Morgan fingerprint density at radius 1 is 1.03 bits per heavy atom. The van der Waals surface area contributed by atoms with Crippen LogP contribution in [0.5, 0.6) is 0 Å². The molecule has 3 heterocycles. The second kappa shape index (κ2) is 7.30. The topological polar surface area (TPSA) is 58.1 Å². The number of aromatic nitrogens is 2. The normalized spacial score (nSPS) is 17.4. The number of carbonyl (C=O) groups excluding carboxylic acids is 1. The summed E-state index contributed by atoms with van der Waals surface area (Å²) >= 11 is 0. The third-order valence-electron chi connectivity index (χ3n) is 6.26. The van der Waals surface area contributed by atoms with Gasteiger partial charge in [0, 0.05) is 36.1 Å². The number of rotatable bonds is 2. The largest absolute Gasteiger partial charge is 0.416 e. The maximum Gasteiger partial charge on any atom is 0.416 e. The van der Waals surface area contributed by atoms with Crippen molar-refractivity contribution in [2.45, 2.75) is 38.5 Å². The molecule has 5 rings (SSSR count). The highest BCUT2D eigenvalue weighted by atomic mass is 19.4. The number of halogens is 3. The van der Waals surface area contributed by atoms with Crippen molar-refractivity contribution < 1.29 is 18.0 Å². The summed E-state index contributed by atoms with van der Waals surface area (Å²) in [7, 11) is 0. The highest BCUT2D eigenvalue weighted by molar-refractivity contribution is 6.02. The molecule has 5 nitrogen and oxygen atoms in total. The Labute approximate surface area is 177 Å². The number of benzene rings is 2. The van der Waals surface area contributed by atoms with Crippen molar-refractivity contribution in [2.75, 3.05) is 13.1 Å². The monoisotopic (exact) mass is 426 g/mol. The van der Waals surface area contributed by atoms with Crippen molar-refractivity contribution in [1.29, 1.82) is 0 Å². The average molecular weight is 426 g/mol. The maximum atomic E-state index is 14.0. The Bertz CT molecular complexity index is 1190. The van der Waals surface area contributed by atoms with E-state index in [1.807, 2.05) is 13.0 Å². The molecule has 0 unspecified atom stereocenters. The Balaban J connectivity index is 1.67. The minimum absolute atomic E-state index is 0.00239. The average Bonchev–Trinajstić information content (AvgIpc) is 3.10. The minimum atomic E-state index is -4.56. The molecule has 0 aliphatic carbocycles. The summed E-state index contributed by atoms with van der Waals surface area (Å²) in [6, 6.07) is 6.26. The van der Waals surface area contributed by atoms with Crippen LogP contribution in [0.25, 0.3) is 22.2 Å². The zero-order valence-electron chi connectivity index (χ0n) is 17.0. The Hall–Kier alpha value is -3.00. The summed E-state index contributed by atoms with van der Waals surface area (Å²) in [5, 5.41) is 3.23. The van der Waals surface area contributed by atoms with Crippen molar-refractivity contribution in [3.63, 3.8) is 0 Å². The summed E-state index contributed by atoms with van der Waals surface area (Å²) < 4.78 is 42.1. The quantitative estimate of drug-likeness (QED) is 0.663. The fourth-order valence-corrected chi connectivity index (χ4v) is 4.67. The molecule has 0 atom stereocenters. The van der Waals surface area contributed by atoms with E-state index in [-0.39, 0.29) is 29.6 Å². The Morgan fingerprint density at radius 3 is 2.45 bits per heavy atom. The molecule has 2 aliphatic rings. The van der Waals surface area contributed by atoms with Crippen LogP contribution in [0.2, 0.25) is 0 Å². The van der Waals surface area contributed by atoms with Crippen LogP contribution < -0.4 is 5.32 Å². The van der Waals surface area contributed by atoms with Gasteiger partial charge in [0.25, 0.3) is 5.91 Å². The number of carbonyl (C=O) groups is 1. The summed E-state index contributed by atoms with van der Waals surface area (Å²) in [5.41, 5.74) is 2.38. The van der Waals surface area contributed by atoms with E-state index >= 15 is 0 Å². The lowest BCUT2D eigenvalue weighted by Crippen LogP contribution is -2.43. The van der Waals surface area contributed by atoms with Crippen LogP contribution in [0.3, 0.4) is 0 Å². The SMILES string of the molecule is Cc1ccc(-c2cc3c(c(C(F)(F)F)c2)CN(C2CCNCC2)C3=O)c2nccnc12. The number of amides is 1. The van der Waals surface area contributed by atoms with Gasteiger partial charge in [0.2, 0.25) is 0 Å². The van der Waals surface area contributed by atoms with Crippen molar-refractivity contribution >= 4 is 16.9 Å². The van der Waals surface area contributed by atoms with Gasteiger partial charge >= 0.3 is 6.18 Å². The summed E-state index contributed by atoms with van der Waals surface area (Å²) in [6.07, 6.45) is 0.00558. The Kier molecular flexibility index (Phi) is 4.69. The first-order chi connectivity index (χ1) is 14.8. The third kappa shape index (κ3) is 3.35. The first-order valence-electron chi connectivity index (χ1n) is 10.3. The molecule has 1 fully saturated rings. The van der Waals surface area contributed by atoms with E-state index in [2.05, 4.69) is 15.3 Å². The molecule has 8 heteroatoms. The van der Waals surface area contributed by atoms with Gasteiger partial charge in [-0.25, -0.2) is 0 Å². The van der Waals surface area contributed by atoms with Crippen LogP contribution in [0.15, 0.2) is 36.7 Å². The Morgan fingerprint density at radius 2 is 1.74 bits per heavy atom. The lowest BCUT2D eigenvalue weighted by atomic mass is 9.94. The molecule has 0 radical (unpaired) electrons. The number of nitrogens with one attached hydrogen (secondary N) is 1. The molecule has 3 aromatic rings. The highest BCUT2D eigenvalue weighted by Gasteiger charge is 2.42. The smallest absolute Gasteiger partial charge is 0.331 e. The van der Waals surface area contributed by atoms with Crippen molar-refractivity contribution in [1.82, 2.24) is 20.2 Å². The van der Waals surface area contributed by atoms with Crippen LogP contribution >= 0.6 is 0 Å². The van der Waals surface area contributed by atoms with Gasteiger partial charge in [0.15, 0.2) is 0 Å². The van der Waals surface area contributed by atoms with Crippen molar-refractivity contribution in [2.24, 2.45) is 0 Å². The van der Waals surface area contributed by atoms with E-state index in [1.165, 1.54) is 6.20 Å². The number of fused-ring (bicyclic) bond motifs is 2. The van der Waals surface area contributed by atoms with Gasteiger partial charge < -0.3 is 10.2 Å². The molecule has 0 saturated carbocycles. The van der Waals surface area contributed by atoms with E-state index in [0.717, 1.165) is 37.6 Å². The van der Waals surface area contributed by atoms with Gasteiger partial charge in [-0.3, -0.25) is 14.8 Å². The first kappa shape index (κ1) is 19.9. The summed E-state index contributed by atoms with van der Waals surface area (Å²) in [5.74, 6) is -0.322. The first-order valence-corrected chi connectivity index (χ1v) is 10.3. The van der Waals surface area contributed by atoms with Crippen LogP contribution in [0.1, 0.15) is 39.9 Å². The molecule has 1 N–H and O–H groups in total. The fourth-order valence-electron chi connectivity index (χ4n) is 4.67. The van der Waals surface area contributed by atoms with E-state index in [4.69, 9.17) is 0 Å². The molecular formula is C23H21F3N4O. The number of hydrogen-bond acceptors (Lipinski definition) is 4. The van der Waals surface area contributed by atoms with E-state index in [9.17, 15) is 18.0 Å². The van der Waals surface area contributed by atoms with Crippen LogP contribution in [-0.4, -0.2) is 39.9 Å². The van der Waals surface area contributed by atoms with E-state index in [1.54, 1.807) is 23.2 Å². The van der Waals surface area contributed by atoms with E-state index in [0.29, 0.717) is 22.2 Å². The molecule has 1 aromatic heterocycles. The number of piperidine rings is 1. The van der Waals surface area contributed by atoms with Crippen molar-refractivity contribution in [3.8, 4) is 11.1 Å². The standard InChI is InChI=1S/C23H21F3N4O/c1-13-2-3-16(21-20(13)28-8-9-29-21)14-10-17-18(19(11-14)23(24,25)26)12-30(22(17)31)15-4-6-27-7-5-15/h2-3,8-11,15,27H,4-7,12H2,1H3. The second-order valence-electron chi connectivity index (χ2n) is 8.15. The molecule has 2 aromatic carbocycles. The molecule has 31 heavy (non-hydrogen) atoms. The van der Waals surface area contributed by atoms with Gasteiger partial charge in [-0.2, -0.15) is 13.2 Å². The molecule has 0 spiro atoms. The van der Waals surface area contributed by atoms with Gasteiger partial charge in [-0.15, -0.1) is 0 Å². The maximum absolute atomic E-state index is 14.0. The number of hydrogen-bond donors (Lipinski definition) is 1. The minimum Gasteiger partial charge on any atom is -0.331 e.